The maximum Gasteiger partial charge on any atom is 0.220 e. The molecule has 0 aliphatic heterocycles. The topological polar surface area (TPSA) is 29.1 Å². The Labute approximate surface area is 149 Å². The van der Waals surface area contributed by atoms with Gasteiger partial charge in [0.1, 0.15) is 0 Å². The molecule has 1 N–H and O–H groups in total. The van der Waals surface area contributed by atoms with E-state index in [0.29, 0.717) is 13.0 Å². The third kappa shape index (κ3) is 12.2. The summed E-state index contributed by atoms with van der Waals surface area (Å²) in [5.74, 6) is 0.186. The van der Waals surface area contributed by atoms with E-state index >= 15 is 0 Å². The molecule has 0 fully saturated rings. The van der Waals surface area contributed by atoms with Gasteiger partial charge in [0.15, 0.2) is 0 Å². The summed E-state index contributed by atoms with van der Waals surface area (Å²) in [5, 5.41) is 3.00. The lowest BCUT2D eigenvalue weighted by Gasteiger charge is -2.05. The highest BCUT2D eigenvalue weighted by atomic mass is 16.1. The van der Waals surface area contributed by atoms with E-state index in [9.17, 15) is 4.79 Å². The molecule has 2 heteroatoms. The normalized spacial score (nSPS) is 10.7. The van der Waals surface area contributed by atoms with Gasteiger partial charge in [-0.3, -0.25) is 4.79 Å². The molecule has 0 spiro atoms. The molecule has 24 heavy (non-hydrogen) atoms. The average molecular weight is 332 g/mol. The van der Waals surface area contributed by atoms with E-state index in [1.165, 1.54) is 76.2 Å². The van der Waals surface area contributed by atoms with Gasteiger partial charge in [0.2, 0.25) is 5.91 Å². The molecule has 0 aliphatic carbocycles. The van der Waals surface area contributed by atoms with Crippen LogP contribution in [0.2, 0.25) is 0 Å². The van der Waals surface area contributed by atoms with Gasteiger partial charge in [-0.15, -0.1) is 0 Å². The van der Waals surface area contributed by atoms with Crippen molar-refractivity contribution in [2.24, 2.45) is 0 Å². The highest BCUT2D eigenvalue weighted by molar-refractivity contribution is 5.75. The van der Waals surface area contributed by atoms with Crippen LogP contribution in [0, 0.1) is 0 Å². The minimum atomic E-state index is 0.186. The minimum Gasteiger partial charge on any atom is -0.352 e. The van der Waals surface area contributed by atoms with Gasteiger partial charge < -0.3 is 5.32 Å². The SMILES string of the molecule is CCCCCCCCCCCCCCC(=O)NCc1ccccc1. The molecule has 0 atom stereocenters. The lowest BCUT2D eigenvalue weighted by Crippen LogP contribution is -2.22. The summed E-state index contributed by atoms with van der Waals surface area (Å²) in [5.41, 5.74) is 1.17. The molecule has 0 unspecified atom stereocenters. The van der Waals surface area contributed by atoms with Gasteiger partial charge >= 0.3 is 0 Å². The first-order chi connectivity index (χ1) is 11.8. The third-order valence-corrected chi connectivity index (χ3v) is 4.59. The smallest absolute Gasteiger partial charge is 0.220 e. The maximum absolute atomic E-state index is 11.8. The quantitative estimate of drug-likeness (QED) is 0.370. The number of hydrogen-bond donors (Lipinski definition) is 1. The lowest BCUT2D eigenvalue weighted by atomic mass is 10.0. The highest BCUT2D eigenvalue weighted by Gasteiger charge is 2.01. The first-order valence-electron chi connectivity index (χ1n) is 10.1. The van der Waals surface area contributed by atoms with E-state index in [4.69, 9.17) is 0 Å². The molecule has 1 rings (SSSR count). The first-order valence-corrected chi connectivity index (χ1v) is 10.1. The zero-order valence-corrected chi connectivity index (χ0v) is 15.7. The van der Waals surface area contributed by atoms with Gasteiger partial charge in [-0.2, -0.15) is 0 Å². The maximum atomic E-state index is 11.8. The zero-order valence-electron chi connectivity index (χ0n) is 15.7. The van der Waals surface area contributed by atoms with Gasteiger partial charge in [0.25, 0.3) is 0 Å². The molecule has 0 saturated carbocycles. The van der Waals surface area contributed by atoms with Crippen LogP contribution in [0.3, 0.4) is 0 Å². The molecule has 1 aromatic carbocycles. The second-order valence-corrected chi connectivity index (χ2v) is 6.90. The Balaban J connectivity index is 1.82. The van der Waals surface area contributed by atoms with Gasteiger partial charge in [0, 0.05) is 13.0 Å². The summed E-state index contributed by atoms with van der Waals surface area (Å²) in [6.07, 6.45) is 16.7. The average Bonchev–Trinajstić information content (AvgIpc) is 2.62. The van der Waals surface area contributed by atoms with Crippen LogP contribution < -0.4 is 5.32 Å². The summed E-state index contributed by atoms with van der Waals surface area (Å²) in [6.45, 7) is 2.92. The summed E-state index contributed by atoms with van der Waals surface area (Å²) >= 11 is 0. The van der Waals surface area contributed by atoms with Crippen molar-refractivity contribution in [1.29, 1.82) is 0 Å². The Morgan fingerprint density at radius 1 is 0.750 bits per heavy atom. The van der Waals surface area contributed by atoms with Crippen molar-refractivity contribution in [3.63, 3.8) is 0 Å². The Kier molecular flexibility index (Phi) is 13.2. The van der Waals surface area contributed by atoms with Crippen molar-refractivity contribution in [2.45, 2.75) is 96.9 Å². The first kappa shape index (κ1) is 20.7. The van der Waals surface area contributed by atoms with Crippen molar-refractivity contribution < 1.29 is 4.79 Å². The molecule has 0 aliphatic rings. The fraction of sp³-hybridized carbons (Fsp3) is 0.682. The van der Waals surface area contributed by atoms with Crippen molar-refractivity contribution >= 4 is 5.91 Å². The summed E-state index contributed by atoms with van der Waals surface area (Å²) in [6, 6.07) is 10.1. The minimum absolute atomic E-state index is 0.186. The van der Waals surface area contributed by atoms with E-state index in [-0.39, 0.29) is 5.91 Å². The monoisotopic (exact) mass is 331 g/mol. The number of unbranched alkanes of at least 4 members (excludes halogenated alkanes) is 11. The Morgan fingerprint density at radius 2 is 1.25 bits per heavy atom. The summed E-state index contributed by atoms with van der Waals surface area (Å²) in [7, 11) is 0. The second-order valence-electron chi connectivity index (χ2n) is 6.90. The number of benzene rings is 1. The number of hydrogen-bond acceptors (Lipinski definition) is 1. The molecule has 1 aromatic rings. The fourth-order valence-corrected chi connectivity index (χ4v) is 3.01. The van der Waals surface area contributed by atoms with E-state index < -0.39 is 0 Å². The number of rotatable bonds is 15. The highest BCUT2D eigenvalue weighted by Crippen LogP contribution is 2.12. The second kappa shape index (κ2) is 15.2. The van der Waals surface area contributed by atoms with E-state index in [2.05, 4.69) is 12.2 Å². The van der Waals surface area contributed by atoms with E-state index in [1.807, 2.05) is 30.3 Å². The van der Waals surface area contributed by atoms with Gasteiger partial charge in [-0.25, -0.2) is 0 Å². The van der Waals surface area contributed by atoms with Crippen LogP contribution in [-0.4, -0.2) is 5.91 Å². The van der Waals surface area contributed by atoms with E-state index in [0.717, 1.165) is 6.42 Å². The standard InChI is InChI=1S/C22H37NO/c1-2-3-4-5-6-7-8-9-10-11-12-16-19-22(24)23-20-21-17-14-13-15-18-21/h13-15,17-18H,2-12,16,19-20H2,1H3,(H,23,24). The van der Waals surface area contributed by atoms with Gasteiger partial charge in [-0.1, -0.05) is 108 Å². The number of carbonyl (C=O) groups is 1. The number of amides is 1. The van der Waals surface area contributed by atoms with Crippen molar-refractivity contribution in [3.8, 4) is 0 Å². The van der Waals surface area contributed by atoms with Crippen LogP contribution in [0.25, 0.3) is 0 Å². The summed E-state index contributed by atoms with van der Waals surface area (Å²) in [4.78, 5) is 11.8. The van der Waals surface area contributed by atoms with Gasteiger partial charge in [-0.05, 0) is 12.0 Å². The van der Waals surface area contributed by atoms with Crippen LogP contribution >= 0.6 is 0 Å². The molecule has 2 nitrogen and oxygen atoms in total. The van der Waals surface area contributed by atoms with Crippen molar-refractivity contribution in [1.82, 2.24) is 5.32 Å². The van der Waals surface area contributed by atoms with Crippen LogP contribution in [0.4, 0.5) is 0 Å². The van der Waals surface area contributed by atoms with Gasteiger partial charge in [0.05, 0.1) is 0 Å². The van der Waals surface area contributed by atoms with Crippen molar-refractivity contribution in [3.05, 3.63) is 35.9 Å². The molecule has 136 valence electrons. The number of nitrogens with one attached hydrogen (secondary N) is 1. The Bertz CT molecular complexity index is 402. The fourth-order valence-electron chi connectivity index (χ4n) is 3.01. The molecular formula is C22H37NO. The molecule has 0 saturated heterocycles. The van der Waals surface area contributed by atoms with Crippen LogP contribution in [-0.2, 0) is 11.3 Å². The van der Waals surface area contributed by atoms with Crippen LogP contribution in [0.5, 0.6) is 0 Å². The largest absolute Gasteiger partial charge is 0.352 e. The Morgan fingerprint density at radius 3 is 1.79 bits per heavy atom. The lowest BCUT2D eigenvalue weighted by molar-refractivity contribution is -0.121. The zero-order chi connectivity index (χ0) is 17.3. The number of carbonyl (C=O) groups excluding carboxylic acids is 1. The third-order valence-electron chi connectivity index (χ3n) is 4.59. The Hall–Kier alpha value is -1.31. The predicted octanol–water partition coefficient (Wildman–Crippen LogP) is 6.39. The predicted molar refractivity (Wildman–Crippen MR) is 104 cm³/mol. The molecular weight excluding hydrogens is 294 g/mol. The summed E-state index contributed by atoms with van der Waals surface area (Å²) < 4.78 is 0. The molecule has 0 heterocycles. The van der Waals surface area contributed by atoms with Crippen LogP contribution in [0.1, 0.15) is 96.0 Å². The molecule has 0 aromatic heterocycles. The van der Waals surface area contributed by atoms with E-state index in [1.54, 1.807) is 0 Å². The van der Waals surface area contributed by atoms with Crippen LogP contribution in [0.15, 0.2) is 30.3 Å². The van der Waals surface area contributed by atoms with Crippen molar-refractivity contribution in [2.75, 3.05) is 0 Å². The molecule has 0 radical (unpaired) electrons. The molecule has 1 amide bonds. The molecule has 0 bridgehead atoms.